The Morgan fingerprint density at radius 1 is 1.25 bits per heavy atom. The van der Waals surface area contributed by atoms with Crippen LogP contribution in [0.25, 0.3) is 10.9 Å². The van der Waals surface area contributed by atoms with E-state index in [-0.39, 0.29) is 0 Å². The highest BCUT2D eigenvalue weighted by molar-refractivity contribution is 6.04. The minimum atomic E-state index is -0.811. The lowest BCUT2D eigenvalue weighted by molar-refractivity contribution is 0.0681. The number of hydrogen-bond acceptors (Lipinski definition) is 2. The third-order valence-corrected chi connectivity index (χ3v) is 4.98. The zero-order chi connectivity index (χ0) is 13.7. The number of para-hydroxylation sites is 1. The van der Waals surface area contributed by atoms with E-state index in [9.17, 15) is 9.90 Å². The van der Waals surface area contributed by atoms with Gasteiger partial charge in [0.25, 0.3) is 0 Å². The first-order chi connectivity index (χ1) is 9.74. The Balaban J connectivity index is 1.87. The molecule has 20 heavy (non-hydrogen) atoms. The molecule has 3 fully saturated rings. The maximum Gasteiger partial charge on any atom is 0.338 e. The second-order valence-electron chi connectivity index (χ2n) is 6.01. The Bertz CT molecular complexity index is 668. The smallest absolute Gasteiger partial charge is 0.338 e. The van der Waals surface area contributed by atoms with E-state index in [1.54, 1.807) is 0 Å². The van der Waals surface area contributed by atoms with Crippen molar-refractivity contribution in [1.29, 1.82) is 0 Å². The number of rotatable bonds is 2. The first kappa shape index (κ1) is 12.0. The fraction of sp³-hybridized carbons (Fsp3) is 0.438. The number of aromatic amines is 1. The second-order valence-corrected chi connectivity index (χ2v) is 6.01. The number of nitrogens with one attached hydrogen (secondary N) is 1. The summed E-state index contributed by atoms with van der Waals surface area (Å²) >= 11 is 0. The van der Waals surface area contributed by atoms with E-state index in [2.05, 4.69) is 9.88 Å². The van der Waals surface area contributed by atoms with Gasteiger partial charge in [0.1, 0.15) is 0 Å². The summed E-state index contributed by atoms with van der Waals surface area (Å²) in [4.78, 5) is 17.6. The van der Waals surface area contributed by atoms with Crippen molar-refractivity contribution >= 4 is 16.9 Å². The molecule has 1 aromatic heterocycles. The van der Waals surface area contributed by atoms with E-state index < -0.39 is 5.97 Å². The molecule has 4 heteroatoms. The average Bonchev–Trinajstić information content (AvgIpc) is 2.87. The third kappa shape index (κ3) is 1.68. The van der Waals surface area contributed by atoms with Gasteiger partial charge in [0, 0.05) is 29.1 Å². The van der Waals surface area contributed by atoms with Crippen molar-refractivity contribution in [2.75, 3.05) is 19.6 Å². The molecule has 0 spiro atoms. The van der Waals surface area contributed by atoms with Gasteiger partial charge >= 0.3 is 5.97 Å². The number of carbonyl (C=O) groups is 1. The number of aromatic nitrogens is 1. The quantitative estimate of drug-likeness (QED) is 0.882. The Kier molecular flexibility index (Phi) is 2.60. The number of H-pyrrole nitrogens is 1. The second kappa shape index (κ2) is 4.35. The fourth-order valence-corrected chi connectivity index (χ4v) is 3.96. The van der Waals surface area contributed by atoms with Crippen LogP contribution in [0.3, 0.4) is 0 Å². The molecule has 2 bridgehead atoms. The van der Waals surface area contributed by atoms with Gasteiger partial charge in [-0.3, -0.25) is 0 Å². The number of piperidine rings is 3. The number of carboxylic acid groups (broad SMARTS) is 1. The Morgan fingerprint density at radius 3 is 2.65 bits per heavy atom. The summed E-state index contributed by atoms with van der Waals surface area (Å²) in [5.41, 5.74) is 2.36. The number of nitrogens with zero attached hydrogens (tertiary/aromatic N) is 1. The van der Waals surface area contributed by atoms with Crippen LogP contribution in [0.15, 0.2) is 24.3 Å². The van der Waals surface area contributed by atoms with Gasteiger partial charge in [0.05, 0.1) is 5.56 Å². The van der Waals surface area contributed by atoms with Crippen LogP contribution in [-0.2, 0) is 0 Å². The predicted octanol–water partition coefficient (Wildman–Crippen LogP) is 2.68. The standard InChI is InChI=1S/C16H18N2O2/c19-16(20)14-11-3-1-2-4-13(11)17-15(14)12-9-18-7-5-10(12)6-8-18/h1-4,10,12,17H,5-9H2,(H,19,20). The van der Waals surface area contributed by atoms with Gasteiger partial charge in [0.2, 0.25) is 0 Å². The van der Waals surface area contributed by atoms with Gasteiger partial charge < -0.3 is 15.0 Å². The maximum atomic E-state index is 11.7. The van der Waals surface area contributed by atoms with Gasteiger partial charge in [-0.1, -0.05) is 18.2 Å². The Labute approximate surface area is 117 Å². The zero-order valence-electron chi connectivity index (χ0n) is 11.3. The van der Waals surface area contributed by atoms with Gasteiger partial charge in [0.15, 0.2) is 0 Å². The summed E-state index contributed by atoms with van der Waals surface area (Å²) in [7, 11) is 0. The van der Waals surface area contributed by atoms with Crippen LogP contribution in [-0.4, -0.2) is 40.6 Å². The van der Waals surface area contributed by atoms with Gasteiger partial charge in [-0.25, -0.2) is 4.79 Å². The molecule has 1 aromatic carbocycles. The highest BCUT2D eigenvalue weighted by Gasteiger charge is 2.38. The van der Waals surface area contributed by atoms with E-state index >= 15 is 0 Å². The number of fused-ring (bicyclic) bond motifs is 4. The lowest BCUT2D eigenvalue weighted by Gasteiger charge is -2.44. The van der Waals surface area contributed by atoms with Crippen LogP contribution in [0.1, 0.15) is 34.8 Å². The van der Waals surface area contributed by atoms with E-state index in [4.69, 9.17) is 0 Å². The molecule has 2 N–H and O–H groups in total. The van der Waals surface area contributed by atoms with Crippen molar-refractivity contribution in [3.8, 4) is 0 Å². The van der Waals surface area contributed by atoms with Crippen molar-refractivity contribution in [2.24, 2.45) is 5.92 Å². The van der Waals surface area contributed by atoms with Gasteiger partial charge in [-0.05, 0) is 37.9 Å². The van der Waals surface area contributed by atoms with E-state index in [0.29, 0.717) is 17.4 Å². The van der Waals surface area contributed by atoms with Crippen molar-refractivity contribution in [2.45, 2.75) is 18.8 Å². The minimum Gasteiger partial charge on any atom is -0.478 e. The number of aromatic carboxylic acids is 1. The average molecular weight is 270 g/mol. The monoisotopic (exact) mass is 270 g/mol. The zero-order valence-corrected chi connectivity index (χ0v) is 11.3. The third-order valence-electron chi connectivity index (χ3n) is 4.98. The molecular weight excluding hydrogens is 252 g/mol. The molecule has 1 atom stereocenters. The van der Waals surface area contributed by atoms with E-state index in [0.717, 1.165) is 23.1 Å². The molecule has 0 saturated carbocycles. The molecule has 4 nitrogen and oxygen atoms in total. The van der Waals surface area contributed by atoms with Gasteiger partial charge in [-0.15, -0.1) is 0 Å². The highest BCUT2D eigenvalue weighted by Crippen LogP contribution is 2.41. The lowest BCUT2D eigenvalue weighted by atomic mass is 9.76. The lowest BCUT2D eigenvalue weighted by Crippen LogP contribution is -2.46. The topological polar surface area (TPSA) is 56.3 Å². The van der Waals surface area contributed by atoms with Gasteiger partial charge in [-0.2, -0.15) is 0 Å². The molecule has 5 rings (SSSR count). The molecular formula is C16H18N2O2. The molecule has 0 aliphatic carbocycles. The molecule has 3 saturated heterocycles. The molecule has 104 valence electrons. The van der Waals surface area contributed by atoms with Crippen LogP contribution >= 0.6 is 0 Å². The van der Waals surface area contributed by atoms with Crippen molar-refractivity contribution in [1.82, 2.24) is 9.88 Å². The molecule has 3 aliphatic rings. The van der Waals surface area contributed by atoms with E-state index in [1.807, 2.05) is 24.3 Å². The Hall–Kier alpha value is -1.81. The van der Waals surface area contributed by atoms with Crippen LogP contribution in [0.2, 0.25) is 0 Å². The molecule has 0 radical (unpaired) electrons. The van der Waals surface area contributed by atoms with Crippen LogP contribution in [0.4, 0.5) is 0 Å². The summed E-state index contributed by atoms with van der Waals surface area (Å²) in [6.07, 6.45) is 2.39. The summed E-state index contributed by atoms with van der Waals surface area (Å²) in [6, 6.07) is 7.72. The summed E-state index contributed by atoms with van der Waals surface area (Å²) in [5, 5.41) is 10.5. The number of benzene rings is 1. The van der Waals surface area contributed by atoms with Crippen LogP contribution in [0, 0.1) is 5.92 Å². The predicted molar refractivity (Wildman–Crippen MR) is 77.2 cm³/mol. The number of carboxylic acids is 1. The minimum absolute atomic E-state index is 0.344. The Morgan fingerprint density at radius 2 is 2.00 bits per heavy atom. The first-order valence-corrected chi connectivity index (χ1v) is 7.30. The highest BCUT2D eigenvalue weighted by atomic mass is 16.4. The molecule has 0 amide bonds. The van der Waals surface area contributed by atoms with Crippen LogP contribution < -0.4 is 0 Å². The van der Waals surface area contributed by atoms with Crippen molar-refractivity contribution in [3.05, 3.63) is 35.5 Å². The largest absolute Gasteiger partial charge is 0.478 e. The van der Waals surface area contributed by atoms with Crippen molar-refractivity contribution in [3.63, 3.8) is 0 Å². The number of hydrogen-bond donors (Lipinski definition) is 2. The summed E-state index contributed by atoms with van der Waals surface area (Å²) in [5.74, 6) is 0.163. The maximum absolute atomic E-state index is 11.7. The molecule has 1 unspecified atom stereocenters. The van der Waals surface area contributed by atoms with E-state index in [1.165, 1.54) is 25.9 Å². The van der Waals surface area contributed by atoms with Crippen LogP contribution in [0.5, 0.6) is 0 Å². The molecule has 3 aliphatic heterocycles. The van der Waals surface area contributed by atoms with Crippen molar-refractivity contribution < 1.29 is 9.90 Å². The molecule has 4 heterocycles. The normalized spacial score (nSPS) is 28.9. The first-order valence-electron chi connectivity index (χ1n) is 7.30. The summed E-state index contributed by atoms with van der Waals surface area (Å²) in [6.45, 7) is 3.34. The molecule has 2 aromatic rings. The SMILES string of the molecule is O=C(O)c1c(C2CN3CCC2CC3)[nH]c2ccccc12. The summed E-state index contributed by atoms with van der Waals surface area (Å²) < 4.78 is 0. The fourth-order valence-electron chi connectivity index (χ4n) is 3.96.